The Labute approximate surface area is 436 Å². The standard InChI is InChI=1S/C67H69N5O/c1-64(2,3)45-38-46(40-48(39-45)73-47-36-37-50-49-30-20-22-32-52(49)72(56(50)41-47)63-68-51-31-21-23-33-53(51)69(63)13)70-42-71(55-35-25-24-34-54(55)70)62-57(43-26-16-14-17-27-43)59(65(4,5)6)61(67(10,11)12)60(66(7,8)9)58(62)44-28-18-15-19-29-44/h14-41H,42H2,1-13H3/i13D3. The molecular formula is C67H69N5O. The van der Waals surface area contributed by atoms with Gasteiger partial charge in [0.15, 0.2) is 0 Å². The summed E-state index contributed by atoms with van der Waals surface area (Å²) in [7, 11) is 0. The molecule has 0 radical (unpaired) electrons. The predicted octanol–water partition coefficient (Wildman–Crippen LogP) is 18.2. The van der Waals surface area contributed by atoms with Gasteiger partial charge in [0, 0.05) is 50.8 Å². The summed E-state index contributed by atoms with van der Waals surface area (Å²) in [4.78, 5) is 10.0. The highest BCUT2D eigenvalue weighted by Gasteiger charge is 2.42. The zero-order chi connectivity index (χ0) is 53.9. The van der Waals surface area contributed by atoms with E-state index in [2.05, 4.69) is 208 Å². The van der Waals surface area contributed by atoms with Gasteiger partial charge in [-0.05, 0) is 110 Å². The van der Waals surface area contributed by atoms with Crippen LogP contribution in [-0.2, 0) is 28.6 Å². The van der Waals surface area contributed by atoms with Crippen LogP contribution in [0.1, 0.15) is 109 Å². The number of ether oxygens (including phenoxy) is 1. The van der Waals surface area contributed by atoms with Gasteiger partial charge in [-0.3, -0.25) is 4.57 Å². The second-order valence-corrected chi connectivity index (χ2v) is 24.0. The van der Waals surface area contributed by atoms with Gasteiger partial charge in [-0.1, -0.05) is 186 Å². The number of aromatic nitrogens is 3. The van der Waals surface area contributed by atoms with Crippen molar-refractivity contribution in [3.63, 3.8) is 0 Å². The van der Waals surface area contributed by atoms with Crippen LogP contribution in [0.5, 0.6) is 11.5 Å². The Morgan fingerprint density at radius 1 is 0.466 bits per heavy atom. The quantitative estimate of drug-likeness (QED) is 0.160. The maximum Gasteiger partial charge on any atom is 0.215 e. The van der Waals surface area contributed by atoms with Gasteiger partial charge in [-0.15, -0.1) is 0 Å². The number of para-hydroxylation sites is 5. The third-order valence-electron chi connectivity index (χ3n) is 14.6. The second kappa shape index (κ2) is 17.3. The molecule has 73 heavy (non-hydrogen) atoms. The van der Waals surface area contributed by atoms with E-state index < -0.39 is 6.98 Å². The van der Waals surface area contributed by atoms with E-state index in [0.29, 0.717) is 35.1 Å². The first-order valence-corrected chi connectivity index (χ1v) is 25.7. The first-order chi connectivity index (χ1) is 35.9. The molecule has 0 fully saturated rings. The van der Waals surface area contributed by atoms with E-state index in [1.54, 1.807) is 0 Å². The van der Waals surface area contributed by atoms with Crippen LogP contribution < -0.4 is 14.5 Å². The lowest BCUT2D eigenvalue weighted by Gasteiger charge is -2.43. The van der Waals surface area contributed by atoms with Gasteiger partial charge in [0.1, 0.15) is 18.2 Å². The lowest BCUT2D eigenvalue weighted by atomic mass is 9.64. The van der Waals surface area contributed by atoms with Crippen LogP contribution in [0.25, 0.3) is 61.0 Å². The van der Waals surface area contributed by atoms with Crippen molar-refractivity contribution in [2.24, 2.45) is 6.98 Å². The molecule has 0 aliphatic carbocycles. The van der Waals surface area contributed by atoms with E-state index in [-0.39, 0.29) is 21.7 Å². The summed E-state index contributed by atoms with van der Waals surface area (Å²) in [6.07, 6.45) is 0. The number of anilines is 4. The molecule has 0 N–H and O–H groups in total. The van der Waals surface area contributed by atoms with Crippen molar-refractivity contribution in [2.45, 2.75) is 105 Å². The van der Waals surface area contributed by atoms with Crippen LogP contribution in [0.15, 0.2) is 170 Å². The van der Waals surface area contributed by atoms with Crippen LogP contribution in [0.3, 0.4) is 0 Å². The normalized spacial score (nSPS) is 14.2. The fourth-order valence-corrected chi connectivity index (χ4v) is 11.4. The minimum absolute atomic E-state index is 0.189. The lowest BCUT2D eigenvalue weighted by Crippen LogP contribution is -2.32. The number of fused-ring (bicyclic) bond motifs is 5. The number of nitrogens with zero attached hydrogens (tertiary/aromatic N) is 5. The summed E-state index contributed by atoms with van der Waals surface area (Å²) < 4.78 is 36.5. The number of imidazole rings is 1. The Bertz CT molecular complexity index is 3780. The lowest BCUT2D eigenvalue weighted by molar-refractivity contribution is 0.479. The summed E-state index contributed by atoms with van der Waals surface area (Å²) in [6.45, 7) is 26.3. The first-order valence-electron chi connectivity index (χ1n) is 27.2. The molecule has 0 spiro atoms. The summed E-state index contributed by atoms with van der Waals surface area (Å²) in [5, 5.41) is 1.96. The van der Waals surface area contributed by atoms with Crippen LogP contribution in [0.4, 0.5) is 22.7 Å². The van der Waals surface area contributed by atoms with Crippen LogP contribution >= 0.6 is 0 Å². The molecule has 1 aliphatic heterocycles. The van der Waals surface area contributed by atoms with E-state index in [1.165, 1.54) is 49.2 Å². The molecule has 0 unspecified atom stereocenters. The Hall–Kier alpha value is -7.57. The van der Waals surface area contributed by atoms with Gasteiger partial charge in [-0.25, -0.2) is 4.98 Å². The fourth-order valence-electron chi connectivity index (χ4n) is 11.4. The summed E-state index contributed by atoms with van der Waals surface area (Å²) in [6, 6.07) is 59.3. The Morgan fingerprint density at radius 3 is 1.59 bits per heavy atom. The third kappa shape index (κ3) is 8.25. The molecule has 368 valence electrons. The van der Waals surface area contributed by atoms with Crippen LogP contribution in [0, 0.1) is 0 Å². The van der Waals surface area contributed by atoms with Gasteiger partial charge < -0.3 is 19.1 Å². The monoisotopic (exact) mass is 963 g/mol. The average Bonchev–Trinajstić information content (AvgIpc) is 4.15. The molecule has 0 saturated carbocycles. The highest BCUT2D eigenvalue weighted by atomic mass is 16.5. The van der Waals surface area contributed by atoms with Gasteiger partial charge >= 0.3 is 0 Å². The van der Waals surface area contributed by atoms with E-state index in [9.17, 15) is 0 Å². The molecule has 6 heteroatoms. The summed E-state index contributed by atoms with van der Waals surface area (Å²) in [5.74, 6) is 1.64. The molecule has 10 aromatic rings. The van der Waals surface area contributed by atoms with Gasteiger partial charge in [0.05, 0.1) is 39.1 Å². The third-order valence-corrected chi connectivity index (χ3v) is 14.6. The summed E-state index contributed by atoms with van der Waals surface area (Å²) >= 11 is 0. The van der Waals surface area contributed by atoms with E-state index >= 15 is 0 Å². The van der Waals surface area contributed by atoms with Crippen LogP contribution in [0.2, 0.25) is 0 Å². The second-order valence-electron chi connectivity index (χ2n) is 24.0. The zero-order valence-electron chi connectivity index (χ0n) is 47.5. The fraction of sp³-hybridized carbons (Fsp3) is 0.269. The number of rotatable bonds is 7. The van der Waals surface area contributed by atoms with Crippen molar-refractivity contribution in [2.75, 3.05) is 16.5 Å². The highest BCUT2D eigenvalue weighted by Crippen LogP contribution is 2.58. The molecule has 8 aromatic carbocycles. The van der Waals surface area contributed by atoms with Crippen molar-refractivity contribution < 1.29 is 8.85 Å². The number of aryl methyl sites for hydroxylation is 1. The molecule has 0 bridgehead atoms. The van der Waals surface area contributed by atoms with Crippen molar-refractivity contribution in [3.8, 4) is 39.7 Å². The SMILES string of the molecule is [2H]C([2H])([2H])n1c(-n2c3ccccc3c3ccc(Oc4cc(N5CN(c6c(-c7ccccc7)c(C(C)(C)C)c(C(C)(C)C)c(C(C)(C)C)c6-c6ccccc6)c6ccccc65)cc(C(C)(C)C)c4)cc32)nc2ccccc21. The van der Waals surface area contributed by atoms with E-state index in [0.717, 1.165) is 44.4 Å². The largest absolute Gasteiger partial charge is 0.457 e. The van der Waals surface area contributed by atoms with Gasteiger partial charge in [0.25, 0.3) is 0 Å². The van der Waals surface area contributed by atoms with E-state index in [4.69, 9.17) is 13.8 Å². The Kier molecular flexibility index (Phi) is 10.5. The van der Waals surface area contributed by atoms with Crippen molar-refractivity contribution in [1.82, 2.24) is 14.1 Å². The Balaban J connectivity index is 1.12. The van der Waals surface area contributed by atoms with Crippen molar-refractivity contribution in [1.29, 1.82) is 0 Å². The van der Waals surface area contributed by atoms with E-state index in [1.807, 2.05) is 59.2 Å². The average molecular weight is 963 g/mol. The molecule has 1 aliphatic rings. The van der Waals surface area contributed by atoms with Gasteiger partial charge in [0.2, 0.25) is 5.95 Å². The molecule has 2 aromatic heterocycles. The minimum atomic E-state index is -2.49. The molecule has 11 rings (SSSR count). The summed E-state index contributed by atoms with van der Waals surface area (Å²) in [5.41, 5.74) is 16.6. The molecule has 0 amide bonds. The highest BCUT2D eigenvalue weighted by molar-refractivity contribution is 6.10. The maximum atomic E-state index is 8.70. The molecule has 3 heterocycles. The molecule has 6 nitrogen and oxygen atoms in total. The first kappa shape index (κ1) is 44.2. The van der Waals surface area contributed by atoms with Crippen molar-refractivity contribution in [3.05, 3.63) is 192 Å². The molecular weight excluding hydrogens is 891 g/mol. The topological polar surface area (TPSA) is 38.5 Å². The van der Waals surface area contributed by atoms with Crippen LogP contribution in [-0.4, -0.2) is 20.8 Å². The number of hydrogen-bond donors (Lipinski definition) is 0. The maximum absolute atomic E-state index is 8.70. The smallest absolute Gasteiger partial charge is 0.215 e. The molecule has 0 saturated heterocycles. The minimum Gasteiger partial charge on any atom is -0.457 e. The Morgan fingerprint density at radius 2 is 1.00 bits per heavy atom. The zero-order valence-corrected chi connectivity index (χ0v) is 44.5. The van der Waals surface area contributed by atoms with Crippen molar-refractivity contribution >= 4 is 55.6 Å². The molecule has 0 atom stereocenters. The van der Waals surface area contributed by atoms with Gasteiger partial charge in [-0.2, -0.15) is 0 Å². The predicted molar refractivity (Wildman–Crippen MR) is 309 cm³/mol. The number of benzene rings is 8. The number of hydrogen-bond acceptors (Lipinski definition) is 4.